The molecule has 1 aliphatic heterocycles. The SMILES string of the molecule is CCN(Cc1ccc(C(F)(F)F)cn1)C(=O)c1ccc2nc(N)c3c(c2c1)CO[C@@H]3C. The lowest BCUT2D eigenvalue weighted by Gasteiger charge is -2.21. The molecule has 0 unspecified atom stereocenters. The number of nitrogens with zero attached hydrogens (tertiary/aromatic N) is 3. The summed E-state index contributed by atoms with van der Waals surface area (Å²) >= 11 is 0. The van der Waals surface area contributed by atoms with Crippen molar-refractivity contribution in [3.05, 3.63) is 64.5 Å². The van der Waals surface area contributed by atoms with Gasteiger partial charge in [-0.2, -0.15) is 13.2 Å². The number of pyridine rings is 2. The number of ether oxygens (including phenoxy) is 1. The molecule has 4 rings (SSSR count). The largest absolute Gasteiger partial charge is 0.417 e. The topological polar surface area (TPSA) is 81.3 Å². The van der Waals surface area contributed by atoms with Crippen LogP contribution in [0.25, 0.3) is 10.9 Å². The maximum Gasteiger partial charge on any atom is 0.417 e. The Hall–Kier alpha value is -3.20. The number of halogens is 3. The van der Waals surface area contributed by atoms with E-state index in [1.165, 1.54) is 11.0 Å². The van der Waals surface area contributed by atoms with Gasteiger partial charge in [0.15, 0.2) is 0 Å². The molecule has 0 saturated carbocycles. The molecule has 0 aliphatic carbocycles. The number of aromatic nitrogens is 2. The molecule has 31 heavy (non-hydrogen) atoms. The summed E-state index contributed by atoms with van der Waals surface area (Å²) in [5.74, 6) is 0.179. The van der Waals surface area contributed by atoms with Crippen molar-refractivity contribution < 1.29 is 22.7 Å². The molecule has 2 N–H and O–H groups in total. The number of carbonyl (C=O) groups is 1. The molecule has 9 heteroatoms. The molecular formula is C22H21F3N4O2. The minimum Gasteiger partial charge on any atom is -0.383 e. The van der Waals surface area contributed by atoms with Crippen molar-refractivity contribution in [2.45, 2.75) is 39.3 Å². The predicted octanol–water partition coefficient (Wildman–Crippen LogP) is 4.48. The van der Waals surface area contributed by atoms with Gasteiger partial charge in [0.2, 0.25) is 0 Å². The van der Waals surface area contributed by atoms with Crippen molar-refractivity contribution in [2.24, 2.45) is 0 Å². The molecule has 1 aromatic carbocycles. The summed E-state index contributed by atoms with van der Waals surface area (Å²) in [7, 11) is 0. The van der Waals surface area contributed by atoms with Crippen molar-refractivity contribution in [2.75, 3.05) is 12.3 Å². The summed E-state index contributed by atoms with van der Waals surface area (Å²) in [6, 6.07) is 7.44. The molecule has 2 aromatic heterocycles. The summed E-state index contributed by atoms with van der Waals surface area (Å²) in [5, 5.41) is 0.808. The smallest absolute Gasteiger partial charge is 0.383 e. The Morgan fingerprint density at radius 3 is 2.71 bits per heavy atom. The second-order valence-electron chi connectivity index (χ2n) is 7.43. The molecule has 162 valence electrons. The van der Waals surface area contributed by atoms with Crippen LogP contribution in [0.4, 0.5) is 19.0 Å². The Morgan fingerprint density at radius 2 is 2.06 bits per heavy atom. The minimum atomic E-state index is -4.45. The van der Waals surface area contributed by atoms with E-state index in [1.807, 2.05) is 6.92 Å². The Kier molecular flexibility index (Phi) is 5.30. The van der Waals surface area contributed by atoms with Gasteiger partial charge in [0.1, 0.15) is 5.82 Å². The van der Waals surface area contributed by atoms with Crippen LogP contribution in [-0.4, -0.2) is 27.3 Å². The highest BCUT2D eigenvalue weighted by Gasteiger charge is 2.31. The van der Waals surface area contributed by atoms with E-state index in [-0.39, 0.29) is 18.6 Å². The van der Waals surface area contributed by atoms with Gasteiger partial charge in [0.25, 0.3) is 5.91 Å². The predicted molar refractivity (Wildman–Crippen MR) is 109 cm³/mol. The zero-order valence-corrected chi connectivity index (χ0v) is 17.0. The van der Waals surface area contributed by atoms with E-state index < -0.39 is 11.7 Å². The first-order valence-electron chi connectivity index (χ1n) is 9.84. The third kappa shape index (κ3) is 3.93. The van der Waals surface area contributed by atoms with Crippen molar-refractivity contribution in [3.63, 3.8) is 0 Å². The van der Waals surface area contributed by atoms with Crippen LogP contribution in [-0.2, 0) is 24.1 Å². The van der Waals surface area contributed by atoms with Crippen molar-refractivity contribution in [1.82, 2.24) is 14.9 Å². The standard InChI is InChI=1S/C22H21F3N4O2/c1-3-29(10-15-6-5-14(9-27-15)22(23,24)25)21(30)13-4-7-18-16(8-13)17-11-31-12(2)19(17)20(26)28-18/h4-9,12H,3,10-11H2,1-2H3,(H2,26,28)/t12-/m1/s1. The normalized spacial score (nSPS) is 15.8. The van der Waals surface area contributed by atoms with Crippen LogP contribution in [0, 0.1) is 0 Å². The fourth-order valence-corrected chi connectivity index (χ4v) is 3.79. The third-order valence-corrected chi connectivity index (χ3v) is 5.47. The van der Waals surface area contributed by atoms with Gasteiger partial charge >= 0.3 is 6.18 Å². The summed E-state index contributed by atoms with van der Waals surface area (Å²) in [4.78, 5) is 23.0. The van der Waals surface area contributed by atoms with Crippen molar-refractivity contribution in [3.8, 4) is 0 Å². The highest BCUT2D eigenvalue weighted by molar-refractivity contribution is 5.99. The Labute approximate surface area is 176 Å². The van der Waals surface area contributed by atoms with Crippen LogP contribution in [0.3, 0.4) is 0 Å². The van der Waals surface area contributed by atoms with Gasteiger partial charge in [-0.1, -0.05) is 0 Å². The van der Waals surface area contributed by atoms with Crippen molar-refractivity contribution in [1.29, 1.82) is 0 Å². The molecule has 1 atom stereocenters. The number of carbonyl (C=O) groups excluding carboxylic acids is 1. The molecule has 3 heterocycles. The fraction of sp³-hybridized carbons (Fsp3) is 0.318. The van der Waals surface area contributed by atoms with Crippen LogP contribution in [0.5, 0.6) is 0 Å². The van der Waals surface area contributed by atoms with E-state index in [9.17, 15) is 18.0 Å². The zero-order valence-electron chi connectivity index (χ0n) is 17.0. The highest BCUT2D eigenvalue weighted by atomic mass is 19.4. The van der Waals surface area contributed by atoms with E-state index in [0.717, 1.165) is 28.8 Å². The maximum atomic E-state index is 13.1. The van der Waals surface area contributed by atoms with Gasteiger partial charge in [-0.3, -0.25) is 9.78 Å². The first-order valence-corrected chi connectivity index (χ1v) is 9.84. The lowest BCUT2D eigenvalue weighted by atomic mass is 10.00. The summed E-state index contributed by atoms with van der Waals surface area (Å²) in [6.45, 7) is 4.57. The minimum absolute atomic E-state index is 0.101. The van der Waals surface area contributed by atoms with Gasteiger partial charge < -0.3 is 15.4 Å². The van der Waals surface area contributed by atoms with Gasteiger partial charge in [0, 0.05) is 29.3 Å². The number of alkyl halides is 3. The Balaban J connectivity index is 1.62. The molecule has 0 saturated heterocycles. The number of amides is 1. The van der Waals surface area contributed by atoms with E-state index >= 15 is 0 Å². The quantitative estimate of drug-likeness (QED) is 0.660. The summed E-state index contributed by atoms with van der Waals surface area (Å²) in [5.41, 5.74) is 8.54. The highest BCUT2D eigenvalue weighted by Crippen LogP contribution is 2.38. The molecule has 0 radical (unpaired) electrons. The molecule has 6 nitrogen and oxygen atoms in total. The second kappa shape index (κ2) is 7.81. The monoisotopic (exact) mass is 430 g/mol. The number of rotatable bonds is 4. The van der Waals surface area contributed by atoms with Crippen LogP contribution in [0.1, 0.15) is 52.7 Å². The molecular weight excluding hydrogens is 409 g/mol. The number of hydrogen-bond donors (Lipinski definition) is 1. The summed E-state index contributed by atoms with van der Waals surface area (Å²) < 4.78 is 43.9. The molecule has 0 spiro atoms. The number of anilines is 1. The molecule has 3 aromatic rings. The fourth-order valence-electron chi connectivity index (χ4n) is 3.79. The number of nitrogen functional groups attached to an aromatic ring is 1. The van der Waals surface area contributed by atoms with E-state index in [4.69, 9.17) is 10.5 Å². The van der Waals surface area contributed by atoms with Crippen LogP contribution in [0.2, 0.25) is 0 Å². The Morgan fingerprint density at radius 1 is 1.29 bits per heavy atom. The van der Waals surface area contributed by atoms with Crippen molar-refractivity contribution >= 4 is 22.6 Å². The first kappa shape index (κ1) is 21.0. The number of fused-ring (bicyclic) bond motifs is 3. The molecule has 0 bridgehead atoms. The molecule has 1 aliphatic rings. The van der Waals surface area contributed by atoms with Gasteiger partial charge in [-0.25, -0.2) is 4.98 Å². The molecule has 1 amide bonds. The average Bonchev–Trinajstić information content (AvgIpc) is 3.13. The van der Waals surface area contributed by atoms with Gasteiger partial charge in [-0.05, 0) is 49.7 Å². The average molecular weight is 430 g/mol. The lowest BCUT2D eigenvalue weighted by Crippen LogP contribution is -2.30. The second-order valence-corrected chi connectivity index (χ2v) is 7.43. The lowest BCUT2D eigenvalue weighted by molar-refractivity contribution is -0.137. The molecule has 0 fully saturated rings. The van der Waals surface area contributed by atoms with E-state index in [1.54, 1.807) is 25.1 Å². The summed E-state index contributed by atoms with van der Waals surface area (Å²) in [6.07, 6.45) is -3.83. The van der Waals surface area contributed by atoms with E-state index in [2.05, 4.69) is 9.97 Å². The zero-order chi connectivity index (χ0) is 22.3. The van der Waals surface area contributed by atoms with Crippen LogP contribution < -0.4 is 5.73 Å². The van der Waals surface area contributed by atoms with Crippen LogP contribution in [0.15, 0.2) is 36.5 Å². The number of benzene rings is 1. The number of nitrogens with two attached hydrogens (primary N) is 1. The first-order chi connectivity index (χ1) is 14.7. The third-order valence-electron chi connectivity index (χ3n) is 5.47. The maximum absolute atomic E-state index is 13.1. The van der Waals surface area contributed by atoms with E-state index in [0.29, 0.717) is 35.7 Å². The van der Waals surface area contributed by atoms with Gasteiger partial charge in [0.05, 0.1) is 36.0 Å². The number of hydrogen-bond acceptors (Lipinski definition) is 5. The van der Waals surface area contributed by atoms with Gasteiger partial charge in [-0.15, -0.1) is 0 Å². The van der Waals surface area contributed by atoms with Crippen LogP contribution >= 0.6 is 0 Å². The Bertz CT molecular complexity index is 1150.